The highest BCUT2D eigenvalue weighted by Crippen LogP contribution is 2.69. The van der Waals surface area contributed by atoms with Gasteiger partial charge >= 0.3 is 7.94 Å². The Morgan fingerprint density at radius 2 is 1.93 bits per heavy atom. The minimum atomic E-state index is -4.79. The lowest BCUT2D eigenvalue weighted by atomic mass is 9.83. The van der Waals surface area contributed by atoms with Crippen molar-refractivity contribution in [2.75, 3.05) is 0 Å². The van der Waals surface area contributed by atoms with Crippen LogP contribution < -0.4 is 0 Å². The summed E-state index contributed by atoms with van der Waals surface area (Å²) in [7, 11) is -4.79. The lowest BCUT2D eigenvalue weighted by Gasteiger charge is -2.37. The SMILES string of the molecule is CC(c1ccncn1)C(Cn1cncn1)(c1ccc(F)cc1F)[P+](O)(O)O. The summed E-state index contributed by atoms with van der Waals surface area (Å²) < 4.78 is 29.4. The van der Waals surface area contributed by atoms with Crippen LogP contribution >= 0.6 is 7.94 Å². The smallest absolute Gasteiger partial charge is 0.248 e. The molecule has 142 valence electrons. The first-order valence-corrected chi connectivity index (χ1v) is 9.51. The first-order chi connectivity index (χ1) is 12.8. The number of aromatic nitrogens is 5. The number of hydrogen-bond acceptors (Lipinski definition) is 7. The molecule has 0 fully saturated rings. The second-order valence-corrected chi connectivity index (χ2v) is 8.00. The van der Waals surface area contributed by atoms with Crippen molar-refractivity contribution in [3.8, 4) is 0 Å². The van der Waals surface area contributed by atoms with Crippen LogP contribution in [0.1, 0.15) is 24.1 Å². The van der Waals surface area contributed by atoms with Crippen LogP contribution in [-0.4, -0.2) is 39.4 Å². The van der Waals surface area contributed by atoms with Gasteiger partial charge in [0.05, 0.1) is 18.2 Å². The van der Waals surface area contributed by atoms with E-state index in [4.69, 9.17) is 0 Å². The Balaban J connectivity index is 2.28. The molecule has 2 unspecified atom stereocenters. The minimum Gasteiger partial charge on any atom is -0.248 e. The molecule has 27 heavy (non-hydrogen) atoms. The summed E-state index contributed by atoms with van der Waals surface area (Å²) in [6, 6.07) is 4.19. The molecule has 11 heteroatoms. The third-order valence-corrected chi connectivity index (χ3v) is 6.41. The van der Waals surface area contributed by atoms with Gasteiger partial charge in [0.2, 0.25) is 5.16 Å². The van der Waals surface area contributed by atoms with Gasteiger partial charge in [0.25, 0.3) is 0 Å². The lowest BCUT2D eigenvalue weighted by Crippen LogP contribution is -2.40. The molecule has 0 aliphatic carbocycles. The van der Waals surface area contributed by atoms with Crippen LogP contribution in [-0.2, 0) is 11.7 Å². The average molecular weight is 396 g/mol. The molecular weight excluding hydrogens is 379 g/mol. The van der Waals surface area contributed by atoms with E-state index in [1.807, 2.05) is 0 Å². The summed E-state index contributed by atoms with van der Waals surface area (Å²) in [6.45, 7) is 1.22. The molecule has 0 spiro atoms. The number of rotatable bonds is 6. The molecule has 2 aromatic heterocycles. The molecule has 0 aliphatic heterocycles. The third-order valence-electron chi connectivity index (χ3n) is 4.57. The lowest BCUT2D eigenvalue weighted by molar-refractivity contribution is 0.239. The topological polar surface area (TPSA) is 117 Å². The molecule has 3 N–H and O–H groups in total. The zero-order valence-electron chi connectivity index (χ0n) is 14.2. The van der Waals surface area contributed by atoms with E-state index >= 15 is 0 Å². The van der Waals surface area contributed by atoms with E-state index in [1.54, 1.807) is 6.92 Å². The molecular formula is C16H17F2N5O3P+. The van der Waals surface area contributed by atoms with E-state index in [0.29, 0.717) is 11.8 Å². The van der Waals surface area contributed by atoms with Crippen molar-refractivity contribution < 1.29 is 23.5 Å². The van der Waals surface area contributed by atoms with Crippen LogP contribution in [0.25, 0.3) is 0 Å². The van der Waals surface area contributed by atoms with Gasteiger partial charge in [-0.1, -0.05) is 6.92 Å². The fourth-order valence-electron chi connectivity index (χ4n) is 3.18. The Bertz CT molecular complexity index is 908. The van der Waals surface area contributed by atoms with Crippen molar-refractivity contribution in [3.63, 3.8) is 0 Å². The third kappa shape index (κ3) is 3.57. The molecule has 0 amide bonds. The van der Waals surface area contributed by atoms with Crippen LogP contribution in [0.2, 0.25) is 0 Å². The van der Waals surface area contributed by atoms with Gasteiger partial charge in [-0.25, -0.2) is 28.4 Å². The zero-order chi connectivity index (χ0) is 19.7. The highest BCUT2D eigenvalue weighted by Gasteiger charge is 2.65. The van der Waals surface area contributed by atoms with Gasteiger partial charge in [-0.15, -0.1) is 0 Å². The molecule has 2 heterocycles. The standard InChI is InChI=1S/C16H17F2N5O3P/c1-11(15-4-5-19-8-21-15)16(27(24,25)26,7-23-10-20-9-22-23)13-3-2-12(17)6-14(13)18/h2-6,8-11,24-26H,7H2,1H3/q+1. The van der Waals surface area contributed by atoms with E-state index in [0.717, 1.165) is 12.1 Å². The maximum Gasteiger partial charge on any atom is 0.417 e. The highest BCUT2D eigenvalue weighted by atomic mass is 31.2. The fraction of sp³-hybridized carbons (Fsp3) is 0.250. The Labute approximate surface area is 153 Å². The van der Waals surface area contributed by atoms with Crippen molar-refractivity contribution in [1.29, 1.82) is 0 Å². The molecule has 0 aliphatic rings. The maximum atomic E-state index is 14.7. The fourth-order valence-corrected chi connectivity index (χ4v) is 4.67. The second-order valence-electron chi connectivity index (χ2n) is 6.07. The summed E-state index contributed by atoms with van der Waals surface area (Å²) in [4.78, 5) is 43.1. The van der Waals surface area contributed by atoms with Crippen LogP contribution in [0.15, 0.2) is 49.4 Å². The normalized spacial score (nSPS) is 15.3. The van der Waals surface area contributed by atoms with E-state index in [-0.39, 0.29) is 12.1 Å². The molecule has 0 bridgehead atoms. The first-order valence-electron chi connectivity index (χ1n) is 7.87. The van der Waals surface area contributed by atoms with Crippen molar-refractivity contribution in [2.45, 2.75) is 24.5 Å². The Kier molecular flexibility index (Phi) is 5.25. The zero-order valence-corrected chi connectivity index (χ0v) is 15.1. The van der Waals surface area contributed by atoms with Crippen LogP contribution in [0.5, 0.6) is 0 Å². The Morgan fingerprint density at radius 1 is 1.15 bits per heavy atom. The van der Waals surface area contributed by atoms with Gasteiger partial charge in [0.15, 0.2) is 0 Å². The summed E-state index contributed by atoms with van der Waals surface area (Å²) in [6.07, 6.45) is 5.19. The Morgan fingerprint density at radius 3 is 2.48 bits per heavy atom. The van der Waals surface area contributed by atoms with E-state index in [2.05, 4.69) is 20.1 Å². The molecule has 0 saturated carbocycles. The molecule has 3 aromatic rings. The van der Waals surface area contributed by atoms with E-state index in [1.165, 1.54) is 35.9 Å². The molecule has 0 saturated heterocycles. The molecule has 0 radical (unpaired) electrons. The van der Waals surface area contributed by atoms with Gasteiger partial charge in [-0.2, -0.15) is 19.8 Å². The van der Waals surface area contributed by atoms with Crippen molar-refractivity contribution in [1.82, 2.24) is 24.7 Å². The number of nitrogens with zero attached hydrogens (tertiary/aromatic N) is 5. The van der Waals surface area contributed by atoms with Crippen molar-refractivity contribution in [2.24, 2.45) is 0 Å². The van der Waals surface area contributed by atoms with Gasteiger partial charge < -0.3 is 0 Å². The minimum absolute atomic E-state index is 0.272. The summed E-state index contributed by atoms with van der Waals surface area (Å²) >= 11 is 0. The summed E-state index contributed by atoms with van der Waals surface area (Å²) in [5, 5.41) is 1.93. The first kappa shape index (κ1) is 19.4. The molecule has 1 aromatic carbocycles. The maximum absolute atomic E-state index is 14.7. The highest BCUT2D eigenvalue weighted by molar-refractivity contribution is 7.60. The largest absolute Gasteiger partial charge is 0.417 e. The predicted octanol–water partition coefficient (Wildman–Crippen LogP) is 1.79. The van der Waals surface area contributed by atoms with Gasteiger partial charge in [-0.3, -0.25) is 0 Å². The summed E-state index contributed by atoms with van der Waals surface area (Å²) in [5.74, 6) is -2.77. The molecule has 8 nitrogen and oxygen atoms in total. The predicted molar refractivity (Wildman–Crippen MR) is 92.1 cm³/mol. The number of hydrogen-bond donors (Lipinski definition) is 3. The van der Waals surface area contributed by atoms with Gasteiger partial charge in [0, 0.05) is 17.8 Å². The van der Waals surface area contributed by atoms with E-state index in [9.17, 15) is 23.5 Å². The van der Waals surface area contributed by atoms with Gasteiger partial charge in [-0.05, 0) is 18.2 Å². The van der Waals surface area contributed by atoms with Gasteiger partial charge in [0.1, 0.15) is 30.6 Å². The summed E-state index contributed by atoms with van der Waals surface area (Å²) in [5.41, 5.74) is 0.0571. The quantitative estimate of drug-likeness (QED) is 0.544. The van der Waals surface area contributed by atoms with Crippen LogP contribution in [0.4, 0.5) is 8.78 Å². The van der Waals surface area contributed by atoms with Crippen LogP contribution in [0.3, 0.4) is 0 Å². The monoisotopic (exact) mass is 396 g/mol. The van der Waals surface area contributed by atoms with Crippen molar-refractivity contribution >= 4 is 7.94 Å². The average Bonchev–Trinajstić information content (AvgIpc) is 3.12. The molecule has 3 rings (SSSR count). The Hall–Kier alpha value is -2.39. The molecule has 2 atom stereocenters. The van der Waals surface area contributed by atoms with E-state index < -0.39 is 30.7 Å². The number of benzene rings is 1. The van der Waals surface area contributed by atoms with Crippen LogP contribution in [0, 0.1) is 11.6 Å². The second kappa shape index (κ2) is 7.32. The number of halogens is 2. The van der Waals surface area contributed by atoms with Crippen molar-refractivity contribution in [3.05, 3.63) is 72.3 Å².